The summed E-state index contributed by atoms with van der Waals surface area (Å²) in [5.74, 6) is -2.63. The van der Waals surface area contributed by atoms with Gasteiger partial charge in [0.2, 0.25) is 5.91 Å². The van der Waals surface area contributed by atoms with E-state index in [9.17, 15) is 19.5 Å². The molecule has 7 heteroatoms. The summed E-state index contributed by atoms with van der Waals surface area (Å²) in [6.07, 6.45) is 3.43. The molecular formula is C16H20N2O4S. The number of carboxylic acid groups (broad SMARTS) is 1. The largest absolute Gasteiger partial charge is 0.481 e. The predicted octanol–water partition coefficient (Wildman–Crippen LogP) is 1.82. The van der Waals surface area contributed by atoms with E-state index < -0.39 is 17.8 Å². The van der Waals surface area contributed by atoms with Gasteiger partial charge in [-0.05, 0) is 43.6 Å². The van der Waals surface area contributed by atoms with Gasteiger partial charge in [-0.1, -0.05) is 6.92 Å². The molecule has 2 bridgehead atoms. The molecule has 4 atom stereocenters. The van der Waals surface area contributed by atoms with Crippen molar-refractivity contribution >= 4 is 29.1 Å². The average Bonchev–Trinajstić information content (AvgIpc) is 3.25. The lowest BCUT2D eigenvalue weighted by Gasteiger charge is -2.26. The highest BCUT2D eigenvalue weighted by Gasteiger charge is 2.54. The molecule has 2 aliphatic carbocycles. The molecule has 4 unspecified atom stereocenters. The Bertz CT molecular complexity index is 642. The number of aryl methyl sites for hydroxylation is 1. The number of nitrogens with one attached hydrogen (secondary N) is 2. The second kappa shape index (κ2) is 6.31. The number of hydrogen-bond acceptors (Lipinski definition) is 4. The SMILES string of the molecule is CCc1cc(C(=O)NNC(=O)C2C3CCC(C3)C2C(=O)O)cs1. The molecule has 1 heterocycles. The van der Waals surface area contributed by atoms with Crippen LogP contribution in [0.4, 0.5) is 0 Å². The molecule has 1 aromatic rings. The number of carboxylic acids is 1. The van der Waals surface area contributed by atoms with Crippen molar-refractivity contribution in [1.29, 1.82) is 0 Å². The summed E-state index contributed by atoms with van der Waals surface area (Å²) in [5, 5.41) is 11.1. The highest BCUT2D eigenvalue weighted by Crippen LogP contribution is 2.52. The van der Waals surface area contributed by atoms with Crippen LogP contribution in [-0.2, 0) is 16.0 Å². The van der Waals surface area contributed by atoms with Crippen LogP contribution in [0, 0.1) is 23.7 Å². The standard InChI is InChI=1S/C16H20N2O4S/c1-2-11-6-10(7-23-11)14(19)17-18-15(20)12-8-3-4-9(5-8)13(12)16(21)22/h6-9,12-13H,2-5H2,1H3,(H,17,19)(H,18,20)(H,21,22). The monoisotopic (exact) mass is 336 g/mol. The van der Waals surface area contributed by atoms with Gasteiger partial charge in [-0.2, -0.15) is 0 Å². The summed E-state index contributed by atoms with van der Waals surface area (Å²) in [7, 11) is 0. The maximum atomic E-state index is 12.4. The fourth-order valence-electron chi connectivity index (χ4n) is 3.98. The second-order valence-corrected chi connectivity index (χ2v) is 7.32. The zero-order chi connectivity index (χ0) is 16.6. The molecule has 6 nitrogen and oxygen atoms in total. The van der Waals surface area contributed by atoms with E-state index in [4.69, 9.17) is 0 Å². The number of amides is 2. The van der Waals surface area contributed by atoms with Gasteiger partial charge < -0.3 is 5.11 Å². The third-order valence-electron chi connectivity index (χ3n) is 5.07. The summed E-state index contributed by atoms with van der Waals surface area (Å²) < 4.78 is 0. The van der Waals surface area contributed by atoms with Gasteiger partial charge in [0.05, 0.1) is 17.4 Å². The molecule has 0 saturated heterocycles. The number of hydrazine groups is 1. The number of rotatable bonds is 4. The highest BCUT2D eigenvalue weighted by atomic mass is 32.1. The minimum atomic E-state index is -0.908. The first-order valence-corrected chi connectivity index (χ1v) is 8.79. The fraction of sp³-hybridized carbons (Fsp3) is 0.562. The van der Waals surface area contributed by atoms with Crippen LogP contribution in [0.1, 0.15) is 41.4 Å². The molecule has 23 heavy (non-hydrogen) atoms. The Kier molecular flexibility index (Phi) is 4.39. The van der Waals surface area contributed by atoms with Gasteiger partial charge in [0.15, 0.2) is 0 Å². The van der Waals surface area contributed by atoms with E-state index in [0.29, 0.717) is 5.56 Å². The molecule has 0 spiro atoms. The van der Waals surface area contributed by atoms with Crippen LogP contribution in [0.25, 0.3) is 0 Å². The summed E-state index contributed by atoms with van der Waals surface area (Å²) in [5.41, 5.74) is 5.34. The van der Waals surface area contributed by atoms with E-state index in [0.717, 1.165) is 30.6 Å². The molecule has 1 aromatic heterocycles. The Labute approximate surface area is 138 Å². The van der Waals surface area contributed by atoms with Crippen LogP contribution in [0.5, 0.6) is 0 Å². The van der Waals surface area contributed by atoms with Crippen molar-refractivity contribution in [3.8, 4) is 0 Å². The van der Waals surface area contributed by atoms with Crippen LogP contribution in [0.15, 0.2) is 11.4 Å². The molecule has 3 rings (SSSR count). The Balaban J connectivity index is 1.60. The lowest BCUT2D eigenvalue weighted by atomic mass is 9.79. The van der Waals surface area contributed by atoms with Crippen LogP contribution in [0.3, 0.4) is 0 Å². The van der Waals surface area contributed by atoms with E-state index in [-0.39, 0.29) is 23.7 Å². The molecular weight excluding hydrogens is 316 g/mol. The lowest BCUT2D eigenvalue weighted by molar-refractivity contribution is -0.149. The highest BCUT2D eigenvalue weighted by molar-refractivity contribution is 7.10. The molecule has 124 valence electrons. The molecule has 0 aliphatic heterocycles. The van der Waals surface area contributed by atoms with Crippen molar-refractivity contribution in [3.05, 3.63) is 21.9 Å². The minimum absolute atomic E-state index is 0.0907. The molecule has 2 fully saturated rings. The van der Waals surface area contributed by atoms with Crippen molar-refractivity contribution in [1.82, 2.24) is 10.9 Å². The molecule has 2 amide bonds. The van der Waals surface area contributed by atoms with Crippen molar-refractivity contribution in [2.24, 2.45) is 23.7 Å². The minimum Gasteiger partial charge on any atom is -0.481 e. The Hall–Kier alpha value is -1.89. The predicted molar refractivity (Wildman–Crippen MR) is 84.8 cm³/mol. The summed E-state index contributed by atoms with van der Waals surface area (Å²) in [6.45, 7) is 2.01. The number of aliphatic carboxylic acids is 1. The van der Waals surface area contributed by atoms with Gasteiger partial charge >= 0.3 is 5.97 Å². The molecule has 0 aromatic carbocycles. The van der Waals surface area contributed by atoms with Gasteiger partial charge in [-0.3, -0.25) is 25.2 Å². The van der Waals surface area contributed by atoms with Gasteiger partial charge in [0.1, 0.15) is 0 Å². The summed E-state index contributed by atoms with van der Waals surface area (Å²) >= 11 is 1.50. The number of thiophene rings is 1. The number of hydrogen-bond donors (Lipinski definition) is 3. The smallest absolute Gasteiger partial charge is 0.307 e. The molecule has 2 aliphatic rings. The van der Waals surface area contributed by atoms with E-state index in [1.807, 2.05) is 6.92 Å². The van der Waals surface area contributed by atoms with Crippen molar-refractivity contribution < 1.29 is 19.5 Å². The van der Waals surface area contributed by atoms with Crippen LogP contribution in [0.2, 0.25) is 0 Å². The first kappa shape index (κ1) is 16.0. The Morgan fingerprint density at radius 2 is 1.91 bits per heavy atom. The maximum Gasteiger partial charge on any atom is 0.307 e. The Morgan fingerprint density at radius 1 is 1.22 bits per heavy atom. The van der Waals surface area contributed by atoms with E-state index >= 15 is 0 Å². The lowest BCUT2D eigenvalue weighted by Crippen LogP contribution is -2.48. The third-order valence-corrected chi connectivity index (χ3v) is 6.15. The van der Waals surface area contributed by atoms with Crippen LogP contribution >= 0.6 is 11.3 Å². The topological polar surface area (TPSA) is 95.5 Å². The zero-order valence-corrected chi connectivity index (χ0v) is 13.7. The molecule has 3 N–H and O–H groups in total. The number of carbonyl (C=O) groups excluding carboxylic acids is 2. The first-order chi connectivity index (χ1) is 11.0. The van der Waals surface area contributed by atoms with Gasteiger partial charge in [0.25, 0.3) is 5.91 Å². The molecule has 0 radical (unpaired) electrons. The summed E-state index contributed by atoms with van der Waals surface area (Å²) in [4.78, 5) is 36.9. The number of fused-ring (bicyclic) bond motifs is 2. The zero-order valence-electron chi connectivity index (χ0n) is 12.9. The summed E-state index contributed by atoms with van der Waals surface area (Å²) in [6, 6.07) is 1.80. The van der Waals surface area contributed by atoms with E-state index in [1.165, 1.54) is 11.3 Å². The van der Waals surface area contributed by atoms with Gasteiger partial charge in [0, 0.05) is 10.3 Å². The van der Waals surface area contributed by atoms with E-state index in [1.54, 1.807) is 11.4 Å². The number of carbonyl (C=O) groups is 3. The Morgan fingerprint density at radius 3 is 2.52 bits per heavy atom. The van der Waals surface area contributed by atoms with Gasteiger partial charge in [-0.15, -0.1) is 11.3 Å². The third kappa shape index (κ3) is 2.97. The normalized spacial score (nSPS) is 28.6. The average molecular weight is 336 g/mol. The van der Waals surface area contributed by atoms with Crippen molar-refractivity contribution in [2.75, 3.05) is 0 Å². The molecule has 2 saturated carbocycles. The first-order valence-electron chi connectivity index (χ1n) is 7.91. The second-order valence-electron chi connectivity index (χ2n) is 6.32. The fourth-order valence-corrected chi connectivity index (χ4v) is 4.80. The van der Waals surface area contributed by atoms with E-state index in [2.05, 4.69) is 10.9 Å². The van der Waals surface area contributed by atoms with Crippen LogP contribution < -0.4 is 10.9 Å². The van der Waals surface area contributed by atoms with Crippen LogP contribution in [-0.4, -0.2) is 22.9 Å². The van der Waals surface area contributed by atoms with Gasteiger partial charge in [-0.25, -0.2) is 0 Å². The quantitative estimate of drug-likeness (QED) is 0.731. The van der Waals surface area contributed by atoms with Crippen molar-refractivity contribution in [3.63, 3.8) is 0 Å². The van der Waals surface area contributed by atoms with Crippen molar-refractivity contribution in [2.45, 2.75) is 32.6 Å². The maximum absolute atomic E-state index is 12.4.